The van der Waals surface area contributed by atoms with Crippen LogP contribution in [0.1, 0.15) is 44.3 Å². The Morgan fingerprint density at radius 2 is 2.00 bits per heavy atom. The molecule has 0 aromatic carbocycles. The van der Waals surface area contributed by atoms with Gasteiger partial charge in [-0.15, -0.1) is 0 Å². The van der Waals surface area contributed by atoms with E-state index in [0.29, 0.717) is 12.1 Å². The lowest BCUT2D eigenvalue weighted by Gasteiger charge is -2.36. The van der Waals surface area contributed by atoms with Gasteiger partial charge in [-0.3, -0.25) is 4.98 Å². The maximum atomic E-state index is 5.76. The van der Waals surface area contributed by atoms with Crippen LogP contribution in [0.4, 0.5) is 0 Å². The molecule has 2 heterocycles. The predicted molar refractivity (Wildman–Crippen MR) is 72.7 cm³/mol. The van der Waals surface area contributed by atoms with Crippen molar-refractivity contribution in [3.05, 3.63) is 30.1 Å². The molecule has 1 atom stereocenters. The Morgan fingerprint density at radius 3 is 2.63 bits per heavy atom. The minimum absolute atomic E-state index is 0.258. The molecule has 1 saturated carbocycles. The summed E-state index contributed by atoms with van der Waals surface area (Å²) in [5.74, 6) is -0.258. The molecule has 2 aliphatic rings. The van der Waals surface area contributed by atoms with Gasteiger partial charge in [0, 0.05) is 31.1 Å². The summed E-state index contributed by atoms with van der Waals surface area (Å²) in [6.45, 7) is 3.68. The normalized spacial score (nSPS) is 24.7. The second-order valence-electron chi connectivity index (χ2n) is 5.52. The highest BCUT2D eigenvalue weighted by Gasteiger charge is 2.40. The lowest BCUT2D eigenvalue weighted by molar-refractivity contribution is -0.179. The Labute approximate surface area is 114 Å². The molecule has 1 spiro atoms. The molecule has 0 bridgehead atoms. The van der Waals surface area contributed by atoms with E-state index >= 15 is 0 Å². The van der Waals surface area contributed by atoms with E-state index in [1.807, 2.05) is 18.3 Å². The zero-order valence-corrected chi connectivity index (χ0v) is 11.5. The van der Waals surface area contributed by atoms with Gasteiger partial charge in [-0.1, -0.05) is 6.07 Å². The first-order valence-corrected chi connectivity index (χ1v) is 7.22. The molecular weight excluding hydrogens is 240 g/mol. The van der Waals surface area contributed by atoms with Crippen molar-refractivity contribution in [3.8, 4) is 0 Å². The first kappa shape index (κ1) is 13.0. The van der Waals surface area contributed by atoms with Gasteiger partial charge in [-0.2, -0.15) is 0 Å². The fourth-order valence-electron chi connectivity index (χ4n) is 3.08. The van der Waals surface area contributed by atoms with Crippen LogP contribution in [0, 0.1) is 0 Å². The smallest absolute Gasteiger partial charge is 0.168 e. The molecule has 0 unspecified atom stereocenters. The molecule has 4 heteroatoms. The van der Waals surface area contributed by atoms with Gasteiger partial charge >= 0.3 is 0 Å². The second-order valence-corrected chi connectivity index (χ2v) is 5.52. The van der Waals surface area contributed by atoms with E-state index in [4.69, 9.17) is 9.47 Å². The van der Waals surface area contributed by atoms with Crippen molar-refractivity contribution in [2.75, 3.05) is 13.2 Å². The van der Waals surface area contributed by atoms with Crippen LogP contribution >= 0.6 is 0 Å². The maximum absolute atomic E-state index is 5.76. The molecule has 0 radical (unpaired) electrons. The average molecular weight is 262 g/mol. The highest BCUT2D eigenvalue weighted by atomic mass is 16.7. The molecular formula is C15H22N2O2. The Kier molecular flexibility index (Phi) is 3.82. The van der Waals surface area contributed by atoms with E-state index in [1.165, 1.54) is 0 Å². The second kappa shape index (κ2) is 5.57. The molecule has 104 valence electrons. The first-order valence-electron chi connectivity index (χ1n) is 7.22. The standard InChI is InChI=1S/C15H22N2O2/c1-12(14-4-2-3-9-16-14)17-13-5-7-15(8-6-13)18-10-11-19-15/h2-4,9,12-13,17H,5-8,10-11H2,1H3/t12-/m1/s1. The van der Waals surface area contributed by atoms with E-state index in [9.17, 15) is 0 Å². The van der Waals surface area contributed by atoms with E-state index in [-0.39, 0.29) is 5.79 Å². The van der Waals surface area contributed by atoms with E-state index in [0.717, 1.165) is 44.6 Å². The number of nitrogens with one attached hydrogen (secondary N) is 1. The molecule has 1 aliphatic heterocycles. The van der Waals surface area contributed by atoms with Crippen LogP contribution in [0.3, 0.4) is 0 Å². The lowest BCUT2D eigenvalue weighted by Crippen LogP contribution is -2.42. The van der Waals surface area contributed by atoms with Crippen molar-refractivity contribution in [2.45, 2.75) is 50.5 Å². The number of rotatable bonds is 3. The summed E-state index contributed by atoms with van der Waals surface area (Å²) in [6.07, 6.45) is 6.07. The molecule has 19 heavy (non-hydrogen) atoms. The predicted octanol–water partition coefficient (Wildman–Crippen LogP) is 2.42. The minimum Gasteiger partial charge on any atom is -0.348 e. The van der Waals surface area contributed by atoms with Gasteiger partial charge in [-0.25, -0.2) is 0 Å². The third-order valence-electron chi connectivity index (χ3n) is 4.18. The zero-order chi connectivity index (χ0) is 13.1. The monoisotopic (exact) mass is 262 g/mol. The minimum atomic E-state index is -0.258. The van der Waals surface area contributed by atoms with Crippen molar-refractivity contribution in [2.24, 2.45) is 0 Å². The number of pyridine rings is 1. The molecule has 1 aromatic heterocycles. The van der Waals surface area contributed by atoms with Crippen molar-refractivity contribution < 1.29 is 9.47 Å². The largest absolute Gasteiger partial charge is 0.348 e. The number of hydrogen-bond donors (Lipinski definition) is 1. The van der Waals surface area contributed by atoms with Crippen molar-refractivity contribution in [1.29, 1.82) is 0 Å². The van der Waals surface area contributed by atoms with Gasteiger partial charge in [0.1, 0.15) is 0 Å². The van der Waals surface area contributed by atoms with Crippen LogP contribution in [0.2, 0.25) is 0 Å². The Morgan fingerprint density at radius 1 is 1.26 bits per heavy atom. The maximum Gasteiger partial charge on any atom is 0.168 e. The van der Waals surface area contributed by atoms with Crippen LogP contribution in [-0.2, 0) is 9.47 Å². The summed E-state index contributed by atoms with van der Waals surface area (Å²) in [7, 11) is 0. The molecule has 1 N–H and O–H groups in total. The highest BCUT2D eigenvalue weighted by Crippen LogP contribution is 2.36. The van der Waals surface area contributed by atoms with E-state index in [1.54, 1.807) is 0 Å². The van der Waals surface area contributed by atoms with Crippen LogP contribution in [-0.4, -0.2) is 30.0 Å². The van der Waals surface area contributed by atoms with Gasteiger partial charge < -0.3 is 14.8 Å². The molecule has 3 rings (SSSR count). The molecule has 1 aliphatic carbocycles. The van der Waals surface area contributed by atoms with Crippen LogP contribution < -0.4 is 5.32 Å². The van der Waals surface area contributed by atoms with Gasteiger partial charge in [-0.05, 0) is 31.9 Å². The quantitative estimate of drug-likeness (QED) is 0.908. The third kappa shape index (κ3) is 2.96. The summed E-state index contributed by atoms with van der Waals surface area (Å²) in [5, 5.41) is 3.67. The molecule has 0 amide bonds. The number of aromatic nitrogens is 1. The van der Waals surface area contributed by atoms with Gasteiger partial charge in [0.05, 0.1) is 18.9 Å². The van der Waals surface area contributed by atoms with Crippen molar-refractivity contribution >= 4 is 0 Å². The summed E-state index contributed by atoms with van der Waals surface area (Å²) in [5.41, 5.74) is 1.11. The summed E-state index contributed by atoms with van der Waals surface area (Å²) in [6, 6.07) is 6.90. The van der Waals surface area contributed by atoms with Crippen LogP contribution in [0.5, 0.6) is 0 Å². The summed E-state index contributed by atoms with van der Waals surface area (Å²) >= 11 is 0. The lowest BCUT2D eigenvalue weighted by atomic mass is 9.89. The number of hydrogen-bond acceptors (Lipinski definition) is 4. The highest BCUT2D eigenvalue weighted by molar-refractivity contribution is 5.08. The average Bonchev–Trinajstić information content (AvgIpc) is 2.91. The van der Waals surface area contributed by atoms with Gasteiger partial charge in [0.25, 0.3) is 0 Å². The fourth-order valence-corrected chi connectivity index (χ4v) is 3.08. The fraction of sp³-hybridized carbons (Fsp3) is 0.667. The molecule has 1 saturated heterocycles. The Balaban J connectivity index is 1.52. The SMILES string of the molecule is C[C@@H](NC1CCC2(CC1)OCCO2)c1ccccn1. The molecule has 4 nitrogen and oxygen atoms in total. The van der Waals surface area contributed by atoms with Crippen molar-refractivity contribution in [1.82, 2.24) is 10.3 Å². The van der Waals surface area contributed by atoms with E-state index in [2.05, 4.69) is 23.3 Å². The van der Waals surface area contributed by atoms with Crippen LogP contribution in [0.15, 0.2) is 24.4 Å². The molecule has 2 fully saturated rings. The Hall–Kier alpha value is -0.970. The van der Waals surface area contributed by atoms with Gasteiger partial charge in [0.15, 0.2) is 5.79 Å². The van der Waals surface area contributed by atoms with Gasteiger partial charge in [0.2, 0.25) is 0 Å². The summed E-state index contributed by atoms with van der Waals surface area (Å²) < 4.78 is 11.5. The number of ether oxygens (including phenoxy) is 2. The topological polar surface area (TPSA) is 43.4 Å². The summed E-state index contributed by atoms with van der Waals surface area (Å²) in [4.78, 5) is 4.40. The Bertz CT molecular complexity index is 394. The zero-order valence-electron chi connectivity index (χ0n) is 11.5. The van der Waals surface area contributed by atoms with Crippen LogP contribution in [0.25, 0.3) is 0 Å². The third-order valence-corrected chi connectivity index (χ3v) is 4.18. The van der Waals surface area contributed by atoms with E-state index < -0.39 is 0 Å². The number of nitrogens with zero attached hydrogens (tertiary/aromatic N) is 1. The first-order chi connectivity index (χ1) is 9.27. The molecule has 1 aromatic rings. The van der Waals surface area contributed by atoms with Crippen molar-refractivity contribution in [3.63, 3.8) is 0 Å².